The molecule has 7 nitrogen and oxygen atoms in total. The molecule has 0 fully saturated rings. The molecule has 0 bridgehead atoms. The van der Waals surface area contributed by atoms with E-state index in [-0.39, 0.29) is 5.95 Å². The average molecular weight is 396 g/mol. The highest BCUT2D eigenvalue weighted by Gasteiger charge is 2.32. The second-order valence-electron chi connectivity index (χ2n) is 5.78. The van der Waals surface area contributed by atoms with E-state index < -0.39 is 11.9 Å². The van der Waals surface area contributed by atoms with E-state index in [4.69, 9.17) is 4.74 Å². The van der Waals surface area contributed by atoms with Crippen LogP contribution < -0.4 is 20.7 Å². The maximum absolute atomic E-state index is 12.6. The summed E-state index contributed by atoms with van der Waals surface area (Å²) < 4.78 is 43.5. The lowest BCUT2D eigenvalue weighted by Crippen LogP contribution is -2.41. The molecule has 0 spiro atoms. The Morgan fingerprint density at radius 2 is 1.79 bits per heavy atom. The molecule has 1 aromatic heterocycles. The third-order valence-corrected chi connectivity index (χ3v) is 3.55. The number of aliphatic imine (C=N–C) groups is 1. The first-order valence-electron chi connectivity index (χ1n) is 8.66. The molecule has 0 saturated heterocycles. The van der Waals surface area contributed by atoms with Crippen LogP contribution in [0.15, 0.2) is 41.5 Å². The lowest BCUT2D eigenvalue weighted by molar-refractivity contribution is -0.141. The van der Waals surface area contributed by atoms with Crippen molar-refractivity contribution < 1.29 is 17.9 Å². The van der Waals surface area contributed by atoms with Crippen LogP contribution in [-0.4, -0.2) is 49.2 Å². The SMILES string of the molecule is CN=C(NCCNc1nccc(C(F)(F)F)n1)NCCOc1ccc(C)cc1. The smallest absolute Gasteiger partial charge is 0.433 e. The highest BCUT2D eigenvalue weighted by Crippen LogP contribution is 2.27. The van der Waals surface area contributed by atoms with Crippen molar-refractivity contribution in [3.05, 3.63) is 47.8 Å². The van der Waals surface area contributed by atoms with Gasteiger partial charge in [0.1, 0.15) is 18.1 Å². The summed E-state index contributed by atoms with van der Waals surface area (Å²) in [5, 5.41) is 8.86. The molecule has 1 aromatic carbocycles. The van der Waals surface area contributed by atoms with Crippen LogP contribution in [0, 0.1) is 6.92 Å². The maximum Gasteiger partial charge on any atom is 0.433 e. The third kappa shape index (κ3) is 7.29. The minimum Gasteiger partial charge on any atom is -0.492 e. The van der Waals surface area contributed by atoms with Gasteiger partial charge in [-0.05, 0) is 25.1 Å². The van der Waals surface area contributed by atoms with Crippen LogP contribution in [0.4, 0.5) is 19.1 Å². The molecule has 0 radical (unpaired) electrons. The Hall–Kier alpha value is -3.04. The molecule has 0 atom stereocenters. The van der Waals surface area contributed by atoms with Gasteiger partial charge in [0.15, 0.2) is 5.96 Å². The number of nitrogens with one attached hydrogen (secondary N) is 3. The highest BCUT2D eigenvalue weighted by atomic mass is 19.4. The van der Waals surface area contributed by atoms with Crippen LogP contribution in [0.5, 0.6) is 5.75 Å². The first-order chi connectivity index (χ1) is 13.4. The Kier molecular flexibility index (Phi) is 7.85. The molecule has 2 rings (SSSR count). The van der Waals surface area contributed by atoms with Crippen molar-refractivity contribution in [2.45, 2.75) is 13.1 Å². The predicted molar refractivity (Wildman–Crippen MR) is 102 cm³/mol. The standard InChI is InChI=1S/C18H23F3N6O/c1-13-3-5-14(6-4-13)28-12-11-26-16(22-2)24-9-10-25-17-23-8-7-15(27-17)18(19,20)21/h3-8H,9-12H2,1-2H3,(H2,22,24,26)(H,23,25,27). The molecule has 2 aromatic rings. The number of benzene rings is 1. The van der Waals surface area contributed by atoms with Gasteiger partial charge in [0, 0.05) is 26.3 Å². The molecule has 3 N–H and O–H groups in total. The van der Waals surface area contributed by atoms with Gasteiger partial charge < -0.3 is 20.7 Å². The summed E-state index contributed by atoms with van der Waals surface area (Å²) in [4.78, 5) is 11.3. The molecule has 152 valence electrons. The van der Waals surface area contributed by atoms with Crippen molar-refractivity contribution in [3.63, 3.8) is 0 Å². The van der Waals surface area contributed by atoms with Gasteiger partial charge >= 0.3 is 6.18 Å². The highest BCUT2D eigenvalue weighted by molar-refractivity contribution is 5.79. The number of ether oxygens (including phenoxy) is 1. The number of nitrogens with zero attached hydrogens (tertiary/aromatic N) is 3. The number of anilines is 1. The van der Waals surface area contributed by atoms with E-state index in [1.807, 2.05) is 31.2 Å². The van der Waals surface area contributed by atoms with E-state index in [0.717, 1.165) is 18.0 Å². The normalized spacial score (nSPS) is 11.8. The largest absolute Gasteiger partial charge is 0.492 e. The predicted octanol–water partition coefficient (Wildman–Crippen LogP) is 2.46. The van der Waals surface area contributed by atoms with Crippen LogP contribution in [0.2, 0.25) is 0 Å². The summed E-state index contributed by atoms with van der Waals surface area (Å²) in [5.74, 6) is 1.27. The lowest BCUT2D eigenvalue weighted by Gasteiger charge is -2.13. The average Bonchev–Trinajstić information content (AvgIpc) is 2.67. The minimum atomic E-state index is -4.50. The Labute approximate surface area is 161 Å². The number of hydrogen-bond donors (Lipinski definition) is 3. The van der Waals surface area contributed by atoms with Crippen molar-refractivity contribution in [1.29, 1.82) is 0 Å². The van der Waals surface area contributed by atoms with E-state index in [0.29, 0.717) is 32.2 Å². The van der Waals surface area contributed by atoms with Gasteiger partial charge in [-0.15, -0.1) is 0 Å². The topological polar surface area (TPSA) is 83.5 Å². The van der Waals surface area contributed by atoms with Gasteiger partial charge in [-0.2, -0.15) is 13.2 Å². The van der Waals surface area contributed by atoms with Crippen molar-refractivity contribution >= 4 is 11.9 Å². The summed E-state index contributed by atoms with van der Waals surface area (Å²) >= 11 is 0. The monoisotopic (exact) mass is 396 g/mol. The second-order valence-corrected chi connectivity index (χ2v) is 5.78. The van der Waals surface area contributed by atoms with Crippen molar-refractivity contribution in [1.82, 2.24) is 20.6 Å². The van der Waals surface area contributed by atoms with E-state index >= 15 is 0 Å². The summed E-state index contributed by atoms with van der Waals surface area (Å²) in [6, 6.07) is 8.59. The first kappa shape index (κ1) is 21.3. The van der Waals surface area contributed by atoms with Crippen LogP contribution in [0.3, 0.4) is 0 Å². The summed E-state index contributed by atoms with van der Waals surface area (Å²) in [7, 11) is 1.62. The molecular formula is C18H23F3N6O. The number of hydrogen-bond acceptors (Lipinski definition) is 5. The fourth-order valence-corrected chi connectivity index (χ4v) is 2.15. The zero-order valence-electron chi connectivity index (χ0n) is 15.7. The minimum absolute atomic E-state index is 0.0777. The van der Waals surface area contributed by atoms with E-state index in [1.165, 1.54) is 5.56 Å². The van der Waals surface area contributed by atoms with Crippen molar-refractivity contribution in [2.24, 2.45) is 4.99 Å². The molecule has 0 amide bonds. The van der Waals surface area contributed by atoms with Crippen molar-refractivity contribution in [3.8, 4) is 5.75 Å². The van der Waals surface area contributed by atoms with Gasteiger partial charge in [-0.3, -0.25) is 4.99 Å². The number of aryl methyl sites for hydroxylation is 1. The molecule has 28 heavy (non-hydrogen) atoms. The molecule has 10 heteroatoms. The fraction of sp³-hybridized carbons (Fsp3) is 0.389. The van der Waals surface area contributed by atoms with Crippen molar-refractivity contribution in [2.75, 3.05) is 38.6 Å². The summed E-state index contributed by atoms with van der Waals surface area (Å²) in [6.07, 6.45) is -3.43. The molecule has 1 heterocycles. The Morgan fingerprint density at radius 1 is 1.07 bits per heavy atom. The quantitative estimate of drug-likeness (QED) is 0.361. The number of rotatable bonds is 8. The molecule has 0 aliphatic rings. The van der Waals surface area contributed by atoms with Crippen LogP contribution >= 0.6 is 0 Å². The second kappa shape index (κ2) is 10.3. The molecule has 0 saturated carbocycles. The van der Waals surface area contributed by atoms with Crippen LogP contribution in [0.25, 0.3) is 0 Å². The van der Waals surface area contributed by atoms with Gasteiger partial charge in [0.25, 0.3) is 0 Å². The van der Waals surface area contributed by atoms with Gasteiger partial charge in [-0.25, -0.2) is 9.97 Å². The number of aromatic nitrogens is 2. The Balaban J connectivity index is 1.65. The van der Waals surface area contributed by atoms with E-state index in [9.17, 15) is 13.2 Å². The zero-order chi connectivity index (χ0) is 20.4. The number of alkyl halides is 3. The zero-order valence-corrected chi connectivity index (χ0v) is 15.7. The Bertz CT molecular complexity index is 765. The van der Waals surface area contributed by atoms with Gasteiger partial charge in [-0.1, -0.05) is 17.7 Å². The number of halogens is 3. The lowest BCUT2D eigenvalue weighted by atomic mass is 10.2. The van der Waals surface area contributed by atoms with E-state index in [2.05, 4.69) is 30.9 Å². The molecular weight excluding hydrogens is 373 g/mol. The summed E-state index contributed by atoms with van der Waals surface area (Å²) in [6.45, 7) is 3.74. The summed E-state index contributed by atoms with van der Waals surface area (Å²) in [5.41, 5.74) is 0.184. The molecule has 0 aliphatic heterocycles. The first-order valence-corrected chi connectivity index (χ1v) is 8.66. The number of guanidine groups is 1. The van der Waals surface area contributed by atoms with Gasteiger partial charge in [0.05, 0.1) is 6.54 Å². The van der Waals surface area contributed by atoms with Crippen LogP contribution in [-0.2, 0) is 6.18 Å². The van der Waals surface area contributed by atoms with Crippen LogP contribution in [0.1, 0.15) is 11.3 Å². The maximum atomic E-state index is 12.6. The molecule has 0 unspecified atom stereocenters. The third-order valence-electron chi connectivity index (χ3n) is 3.55. The fourth-order valence-electron chi connectivity index (χ4n) is 2.15. The van der Waals surface area contributed by atoms with E-state index in [1.54, 1.807) is 7.05 Å². The van der Waals surface area contributed by atoms with Gasteiger partial charge in [0.2, 0.25) is 5.95 Å². The molecule has 0 aliphatic carbocycles. The Morgan fingerprint density at radius 3 is 2.46 bits per heavy atom.